The second-order valence-electron chi connectivity index (χ2n) is 2.67. The van der Waals surface area contributed by atoms with Crippen molar-refractivity contribution in [3.05, 3.63) is 30.9 Å². The zero-order chi connectivity index (χ0) is 9.84. The molecule has 1 aromatic carbocycles. The van der Waals surface area contributed by atoms with E-state index in [-0.39, 0.29) is 6.42 Å². The van der Waals surface area contributed by atoms with E-state index in [9.17, 15) is 4.79 Å². The molecule has 4 heteroatoms. The molecule has 0 bridgehead atoms. The highest BCUT2D eigenvalue weighted by Crippen LogP contribution is 2.15. The Labute approximate surface area is 104 Å². The van der Waals surface area contributed by atoms with Gasteiger partial charge in [0.2, 0.25) is 0 Å². The molecule has 0 aromatic heterocycles. The number of carboxylic acid groups (broad SMARTS) is 1. The van der Waals surface area contributed by atoms with Crippen molar-refractivity contribution in [2.75, 3.05) is 0 Å². The lowest BCUT2D eigenvalue weighted by atomic mass is 10.1. The molecule has 0 saturated heterocycles. The highest BCUT2D eigenvalue weighted by molar-refractivity contribution is 14.1. The molecule has 0 aliphatic rings. The van der Waals surface area contributed by atoms with E-state index in [0.29, 0.717) is 6.42 Å². The van der Waals surface area contributed by atoms with Gasteiger partial charge in [-0.3, -0.25) is 4.79 Å². The molecule has 1 N–H and O–H groups in total. The Balaban J connectivity index is 2.71. The molecule has 0 aliphatic carbocycles. The number of carboxylic acids is 1. The molecular weight excluding hydrogens is 394 g/mol. The van der Waals surface area contributed by atoms with Crippen molar-refractivity contribution in [1.82, 2.24) is 0 Å². The number of hydrogen-bond donors (Lipinski definition) is 1. The second-order valence-corrected chi connectivity index (χ2v) is 5.16. The minimum atomic E-state index is -0.742. The van der Waals surface area contributed by atoms with Gasteiger partial charge in [0, 0.05) is 13.6 Å². The van der Waals surface area contributed by atoms with Crippen molar-refractivity contribution in [1.29, 1.82) is 0 Å². The Kier molecular flexibility index (Phi) is 4.43. The maximum absolute atomic E-state index is 10.3. The number of rotatable bonds is 3. The molecule has 0 radical (unpaired) electrons. The van der Waals surface area contributed by atoms with Crippen LogP contribution in [0.15, 0.2) is 18.2 Å². The molecule has 0 spiro atoms. The first kappa shape index (κ1) is 11.2. The Morgan fingerprint density at radius 2 is 1.77 bits per heavy atom. The maximum Gasteiger partial charge on any atom is 0.303 e. The molecule has 2 nitrogen and oxygen atoms in total. The highest BCUT2D eigenvalue weighted by Gasteiger charge is 2.01. The molecule has 0 unspecified atom stereocenters. The summed E-state index contributed by atoms with van der Waals surface area (Å²) in [6, 6.07) is 6.10. The van der Waals surface area contributed by atoms with Crippen LogP contribution in [-0.4, -0.2) is 11.1 Å². The lowest BCUT2D eigenvalue weighted by Gasteiger charge is -2.00. The summed E-state index contributed by atoms with van der Waals surface area (Å²) in [5, 5.41) is 8.51. The van der Waals surface area contributed by atoms with E-state index < -0.39 is 5.97 Å². The van der Waals surface area contributed by atoms with Crippen LogP contribution in [-0.2, 0) is 11.2 Å². The standard InChI is InChI=1S/C9H8I2O2/c10-7-3-6(1-2-9(12)13)4-8(11)5-7/h3-5H,1-2H2,(H,12,13). The predicted octanol–water partition coefficient (Wildman–Crippen LogP) is 2.91. The third kappa shape index (κ3) is 4.26. The SMILES string of the molecule is O=C(O)CCc1cc(I)cc(I)c1. The summed E-state index contributed by atoms with van der Waals surface area (Å²) < 4.78 is 2.31. The van der Waals surface area contributed by atoms with E-state index in [2.05, 4.69) is 51.2 Å². The van der Waals surface area contributed by atoms with Gasteiger partial charge in [0.1, 0.15) is 0 Å². The van der Waals surface area contributed by atoms with Gasteiger partial charge in [-0.1, -0.05) is 0 Å². The van der Waals surface area contributed by atoms with Crippen molar-refractivity contribution in [3.8, 4) is 0 Å². The van der Waals surface area contributed by atoms with Crippen LogP contribution in [0.3, 0.4) is 0 Å². The Hall–Kier alpha value is 0.150. The van der Waals surface area contributed by atoms with Crippen LogP contribution in [0.4, 0.5) is 0 Å². The average molecular weight is 402 g/mol. The first-order valence-electron chi connectivity index (χ1n) is 3.74. The smallest absolute Gasteiger partial charge is 0.303 e. The summed E-state index contributed by atoms with van der Waals surface area (Å²) in [4.78, 5) is 10.3. The molecular formula is C9H8I2O2. The van der Waals surface area contributed by atoms with Crippen LogP contribution in [0.1, 0.15) is 12.0 Å². The van der Waals surface area contributed by atoms with Crippen molar-refractivity contribution < 1.29 is 9.90 Å². The third-order valence-electron chi connectivity index (χ3n) is 1.55. The van der Waals surface area contributed by atoms with Crippen molar-refractivity contribution in [2.24, 2.45) is 0 Å². The van der Waals surface area contributed by atoms with Crippen molar-refractivity contribution in [2.45, 2.75) is 12.8 Å². The van der Waals surface area contributed by atoms with Crippen LogP contribution in [0, 0.1) is 7.14 Å². The Morgan fingerprint density at radius 3 is 2.23 bits per heavy atom. The molecule has 70 valence electrons. The van der Waals surface area contributed by atoms with Crippen LogP contribution in [0.2, 0.25) is 0 Å². The fraction of sp³-hybridized carbons (Fsp3) is 0.222. The average Bonchev–Trinajstić information content (AvgIpc) is 1.99. The molecule has 0 saturated carbocycles. The monoisotopic (exact) mass is 402 g/mol. The van der Waals surface area contributed by atoms with E-state index in [0.717, 1.165) is 12.7 Å². The number of aryl methyl sites for hydroxylation is 1. The zero-order valence-electron chi connectivity index (χ0n) is 6.76. The van der Waals surface area contributed by atoms with Gasteiger partial charge in [-0.05, 0) is 75.4 Å². The highest BCUT2D eigenvalue weighted by atomic mass is 127. The fourth-order valence-corrected chi connectivity index (χ4v) is 3.07. The predicted molar refractivity (Wildman–Crippen MR) is 67.8 cm³/mol. The van der Waals surface area contributed by atoms with Crippen molar-refractivity contribution in [3.63, 3.8) is 0 Å². The Morgan fingerprint density at radius 1 is 1.23 bits per heavy atom. The first-order chi connectivity index (χ1) is 6.08. The van der Waals surface area contributed by atoms with Crippen molar-refractivity contribution >= 4 is 51.2 Å². The summed E-state index contributed by atoms with van der Waals surface area (Å²) in [5.41, 5.74) is 1.10. The van der Waals surface area contributed by atoms with E-state index in [1.165, 1.54) is 0 Å². The van der Waals surface area contributed by atoms with E-state index in [1.54, 1.807) is 0 Å². The number of benzene rings is 1. The summed E-state index contributed by atoms with van der Waals surface area (Å²) in [6.45, 7) is 0. The normalized spacial score (nSPS) is 10.0. The van der Waals surface area contributed by atoms with Crippen LogP contribution in [0.25, 0.3) is 0 Å². The van der Waals surface area contributed by atoms with Crippen LogP contribution < -0.4 is 0 Å². The van der Waals surface area contributed by atoms with Gasteiger partial charge in [0.25, 0.3) is 0 Å². The largest absolute Gasteiger partial charge is 0.481 e. The summed E-state index contributed by atoms with van der Waals surface area (Å²) in [6.07, 6.45) is 0.818. The molecule has 13 heavy (non-hydrogen) atoms. The van der Waals surface area contributed by atoms with Gasteiger partial charge >= 0.3 is 5.97 Å². The molecule has 0 atom stereocenters. The lowest BCUT2D eigenvalue weighted by molar-refractivity contribution is -0.136. The number of halogens is 2. The Bertz CT molecular complexity index is 303. The number of aliphatic carboxylic acids is 1. The van der Waals surface area contributed by atoms with Gasteiger partial charge in [0.05, 0.1) is 0 Å². The first-order valence-corrected chi connectivity index (χ1v) is 5.90. The minimum absolute atomic E-state index is 0.205. The topological polar surface area (TPSA) is 37.3 Å². The minimum Gasteiger partial charge on any atom is -0.481 e. The molecule has 0 aliphatic heterocycles. The fourth-order valence-electron chi connectivity index (χ4n) is 1.01. The second kappa shape index (κ2) is 5.14. The third-order valence-corrected chi connectivity index (χ3v) is 2.80. The summed E-state index contributed by atoms with van der Waals surface area (Å²) in [5.74, 6) is -0.742. The van der Waals surface area contributed by atoms with Crippen LogP contribution in [0.5, 0.6) is 0 Å². The summed E-state index contributed by atoms with van der Waals surface area (Å²) >= 11 is 4.47. The quantitative estimate of drug-likeness (QED) is 0.791. The van der Waals surface area contributed by atoms with Gasteiger partial charge in [-0.2, -0.15) is 0 Å². The molecule has 0 heterocycles. The van der Waals surface area contributed by atoms with E-state index in [1.807, 2.05) is 12.1 Å². The van der Waals surface area contributed by atoms with E-state index >= 15 is 0 Å². The summed E-state index contributed by atoms with van der Waals surface area (Å²) in [7, 11) is 0. The molecule has 1 rings (SSSR count). The number of carbonyl (C=O) groups is 1. The maximum atomic E-state index is 10.3. The molecule has 1 aromatic rings. The molecule has 0 amide bonds. The van der Waals surface area contributed by atoms with Gasteiger partial charge in [-0.25, -0.2) is 0 Å². The number of hydrogen-bond acceptors (Lipinski definition) is 1. The van der Waals surface area contributed by atoms with Gasteiger partial charge in [-0.15, -0.1) is 0 Å². The van der Waals surface area contributed by atoms with Gasteiger partial charge < -0.3 is 5.11 Å². The lowest BCUT2D eigenvalue weighted by Crippen LogP contribution is -1.97. The van der Waals surface area contributed by atoms with E-state index in [4.69, 9.17) is 5.11 Å². The molecule has 0 fully saturated rings. The zero-order valence-corrected chi connectivity index (χ0v) is 11.1. The van der Waals surface area contributed by atoms with Gasteiger partial charge in [0.15, 0.2) is 0 Å². The van der Waals surface area contributed by atoms with Crippen LogP contribution >= 0.6 is 45.2 Å².